The summed E-state index contributed by atoms with van der Waals surface area (Å²) in [4.78, 5) is 27.5. The fourth-order valence-corrected chi connectivity index (χ4v) is 3.79. The minimum atomic E-state index is -0.389. The predicted molar refractivity (Wildman–Crippen MR) is 116 cm³/mol. The molecule has 1 amide bonds. The highest BCUT2D eigenvalue weighted by molar-refractivity contribution is 5.93. The maximum absolute atomic E-state index is 12.8. The van der Waals surface area contributed by atoms with Crippen molar-refractivity contribution < 1.29 is 13.9 Å². The summed E-state index contributed by atoms with van der Waals surface area (Å²) in [5, 5.41) is 3.44. The van der Waals surface area contributed by atoms with Gasteiger partial charge in [-0.15, -0.1) is 0 Å². The number of amides is 1. The smallest absolute Gasteiger partial charge is 0.287 e. The molecular weight excluding hydrogens is 380 g/mol. The van der Waals surface area contributed by atoms with Crippen LogP contribution in [-0.4, -0.2) is 43.7 Å². The maximum atomic E-state index is 12.8. The minimum Gasteiger partial charge on any atom is -0.451 e. The second-order valence-electron chi connectivity index (χ2n) is 7.76. The van der Waals surface area contributed by atoms with E-state index in [1.807, 2.05) is 13.0 Å². The molecule has 0 saturated carbocycles. The summed E-state index contributed by atoms with van der Waals surface area (Å²) >= 11 is 0. The number of hydrogen-bond donors (Lipinski definition) is 1. The van der Waals surface area contributed by atoms with Gasteiger partial charge in [0.05, 0.1) is 24.6 Å². The van der Waals surface area contributed by atoms with Crippen molar-refractivity contribution in [2.45, 2.75) is 19.9 Å². The van der Waals surface area contributed by atoms with Gasteiger partial charge in [0.25, 0.3) is 5.91 Å². The number of carbonyl (C=O) groups is 1. The predicted octanol–water partition coefficient (Wildman–Crippen LogP) is 3.21. The van der Waals surface area contributed by atoms with Gasteiger partial charge in [-0.3, -0.25) is 14.5 Å². The number of hydrogen-bond acceptors (Lipinski definition) is 5. The zero-order valence-corrected chi connectivity index (χ0v) is 17.3. The van der Waals surface area contributed by atoms with Crippen molar-refractivity contribution in [3.63, 3.8) is 0 Å². The van der Waals surface area contributed by atoms with E-state index in [0.29, 0.717) is 30.7 Å². The first-order valence-electron chi connectivity index (χ1n) is 10.2. The first-order valence-corrected chi connectivity index (χ1v) is 10.2. The highest BCUT2D eigenvalue weighted by Crippen LogP contribution is 2.22. The number of aryl methyl sites for hydroxylation is 2. The van der Waals surface area contributed by atoms with E-state index in [9.17, 15) is 9.59 Å². The molecule has 0 unspecified atom stereocenters. The molecule has 1 aromatic heterocycles. The molecule has 1 aliphatic rings. The highest BCUT2D eigenvalue weighted by Gasteiger charge is 2.24. The Morgan fingerprint density at radius 3 is 2.47 bits per heavy atom. The van der Waals surface area contributed by atoms with Crippen molar-refractivity contribution in [1.29, 1.82) is 0 Å². The third kappa shape index (κ3) is 4.45. The monoisotopic (exact) mass is 406 g/mol. The molecular formula is C24H26N2O4. The van der Waals surface area contributed by atoms with Crippen LogP contribution in [0.3, 0.4) is 0 Å². The van der Waals surface area contributed by atoms with Crippen LogP contribution in [-0.2, 0) is 4.74 Å². The number of fused-ring (bicyclic) bond motifs is 1. The van der Waals surface area contributed by atoms with Gasteiger partial charge in [0.2, 0.25) is 0 Å². The zero-order valence-electron chi connectivity index (χ0n) is 17.3. The fourth-order valence-electron chi connectivity index (χ4n) is 3.79. The minimum absolute atomic E-state index is 0.0216. The Labute approximate surface area is 175 Å². The van der Waals surface area contributed by atoms with Crippen LogP contribution >= 0.6 is 0 Å². The van der Waals surface area contributed by atoms with Crippen LogP contribution in [0.15, 0.2) is 57.7 Å². The van der Waals surface area contributed by atoms with Crippen LogP contribution in [0.4, 0.5) is 0 Å². The van der Waals surface area contributed by atoms with Crippen LogP contribution < -0.4 is 10.7 Å². The summed E-state index contributed by atoms with van der Waals surface area (Å²) < 4.78 is 11.2. The van der Waals surface area contributed by atoms with Gasteiger partial charge in [-0.05, 0) is 31.5 Å². The standard InChI is InChI=1S/C24H26N2O4/c1-16-3-6-18(7-4-16)20(26-9-11-29-12-10-26)15-25-24(28)23-14-21(27)19-13-17(2)5-8-22(19)30-23/h3-8,13-14,20H,9-12,15H2,1-2H3,(H,25,28)/t20-/m1/s1. The molecule has 1 N–H and O–H groups in total. The SMILES string of the molecule is Cc1ccc([C@@H](CNC(=O)c2cc(=O)c3cc(C)ccc3o2)N2CCOCC2)cc1. The Morgan fingerprint density at radius 1 is 1.03 bits per heavy atom. The van der Waals surface area contributed by atoms with E-state index in [0.717, 1.165) is 24.2 Å². The number of nitrogens with zero attached hydrogens (tertiary/aromatic N) is 1. The molecule has 4 rings (SSSR count). The fraction of sp³-hybridized carbons (Fsp3) is 0.333. The quantitative estimate of drug-likeness (QED) is 0.705. The summed E-state index contributed by atoms with van der Waals surface area (Å²) in [6.07, 6.45) is 0. The number of nitrogens with one attached hydrogen (secondary N) is 1. The maximum Gasteiger partial charge on any atom is 0.287 e. The van der Waals surface area contributed by atoms with Crippen LogP contribution in [0, 0.1) is 13.8 Å². The van der Waals surface area contributed by atoms with Gasteiger partial charge in [-0.1, -0.05) is 41.5 Å². The Bertz CT molecular complexity index is 1100. The molecule has 1 atom stereocenters. The van der Waals surface area contributed by atoms with E-state index in [1.54, 1.807) is 12.1 Å². The van der Waals surface area contributed by atoms with Crippen LogP contribution in [0.2, 0.25) is 0 Å². The summed E-state index contributed by atoms with van der Waals surface area (Å²) in [5.41, 5.74) is 3.50. The average Bonchev–Trinajstić information content (AvgIpc) is 2.76. The Kier molecular flexibility index (Phi) is 5.97. The molecule has 3 aromatic rings. The number of ether oxygens (including phenoxy) is 1. The van der Waals surface area contributed by atoms with E-state index in [2.05, 4.69) is 41.4 Å². The largest absolute Gasteiger partial charge is 0.451 e. The molecule has 2 heterocycles. The van der Waals surface area contributed by atoms with Gasteiger partial charge in [0, 0.05) is 25.7 Å². The second kappa shape index (κ2) is 8.81. The van der Waals surface area contributed by atoms with Crippen LogP contribution in [0.1, 0.15) is 33.3 Å². The average molecular weight is 406 g/mol. The first-order chi connectivity index (χ1) is 14.5. The molecule has 6 nitrogen and oxygen atoms in total. The van der Waals surface area contributed by atoms with Crippen molar-refractivity contribution in [2.75, 3.05) is 32.8 Å². The summed E-state index contributed by atoms with van der Waals surface area (Å²) in [6, 6.07) is 15.0. The Balaban J connectivity index is 1.55. The summed E-state index contributed by atoms with van der Waals surface area (Å²) in [7, 11) is 0. The normalized spacial score (nSPS) is 15.8. The lowest BCUT2D eigenvalue weighted by Crippen LogP contribution is -2.43. The molecule has 0 radical (unpaired) electrons. The number of morpholine rings is 1. The van der Waals surface area contributed by atoms with E-state index in [4.69, 9.17) is 9.15 Å². The number of carbonyl (C=O) groups excluding carboxylic acids is 1. The molecule has 2 aromatic carbocycles. The molecule has 1 fully saturated rings. The van der Waals surface area contributed by atoms with E-state index in [-0.39, 0.29) is 23.1 Å². The van der Waals surface area contributed by atoms with E-state index in [1.165, 1.54) is 11.6 Å². The lowest BCUT2D eigenvalue weighted by Gasteiger charge is -2.35. The van der Waals surface area contributed by atoms with Gasteiger partial charge in [-0.2, -0.15) is 0 Å². The van der Waals surface area contributed by atoms with Crippen molar-refractivity contribution in [3.05, 3.63) is 81.2 Å². The summed E-state index contributed by atoms with van der Waals surface area (Å²) in [5.74, 6) is -0.360. The zero-order chi connectivity index (χ0) is 21.1. The van der Waals surface area contributed by atoms with E-state index >= 15 is 0 Å². The first kappa shape index (κ1) is 20.3. The Morgan fingerprint density at radius 2 is 1.73 bits per heavy atom. The van der Waals surface area contributed by atoms with Gasteiger partial charge < -0.3 is 14.5 Å². The molecule has 1 aliphatic heterocycles. The molecule has 30 heavy (non-hydrogen) atoms. The lowest BCUT2D eigenvalue weighted by molar-refractivity contribution is 0.0161. The van der Waals surface area contributed by atoms with Gasteiger partial charge in [-0.25, -0.2) is 0 Å². The van der Waals surface area contributed by atoms with Crippen molar-refractivity contribution in [2.24, 2.45) is 0 Å². The Hall–Kier alpha value is -2.96. The van der Waals surface area contributed by atoms with Gasteiger partial charge in [0.15, 0.2) is 11.2 Å². The van der Waals surface area contributed by atoms with Crippen molar-refractivity contribution in [1.82, 2.24) is 10.2 Å². The van der Waals surface area contributed by atoms with Crippen molar-refractivity contribution in [3.8, 4) is 0 Å². The lowest BCUT2D eigenvalue weighted by atomic mass is 10.0. The summed E-state index contributed by atoms with van der Waals surface area (Å²) in [6.45, 7) is 7.34. The van der Waals surface area contributed by atoms with E-state index < -0.39 is 0 Å². The third-order valence-electron chi connectivity index (χ3n) is 5.51. The second-order valence-corrected chi connectivity index (χ2v) is 7.76. The number of benzene rings is 2. The highest BCUT2D eigenvalue weighted by atomic mass is 16.5. The van der Waals surface area contributed by atoms with Gasteiger partial charge >= 0.3 is 0 Å². The van der Waals surface area contributed by atoms with Crippen molar-refractivity contribution >= 4 is 16.9 Å². The topological polar surface area (TPSA) is 71.8 Å². The number of rotatable bonds is 5. The molecule has 156 valence electrons. The molecule has 1 saturated heterocycles. The molecule has 0 bridgehead atoms. The third-order valence-corrected chi connectivity index (χ3v) is 5.51. The van der Waals surface area contributed by atoms with Gasteiger partial charge in [0.1, 0.15) is 5.58 Å². The molecule has 6 heteroatoms. The molecule has 0 aliphatic carbocycles. The molecule has 0 spiro atoms. The van der Waals surface area contributed by atoms with Crippen LogP contribution in [0.5, 0.6) is 0 Å². The van der Waals surface area contributed by atoms with Crippen LogP contribution in [0.25, 0.3) is 11.0 Å².